The van der Waals surface area contributed by atoms with Crippen molar-refractivity contribution in [2.24, 2.45) is 0 Å². The van der Waals surface area contributed by atoms with Gasteiger partial charge < -0.3 is 5.32 Å². The van der Waals surface area contributed by atoms with Gasteiger partial charge in [-0.25, -0.2) is 9.97 Å². The third kappa shape index (κ3) is 1.94. The summed E-state index contributed by atoms with van der Waals surface area (Å²) in [5.74, 6) is 0.851. The number of fused-ring (bicyclic) bond motifs is 1. The number of rotatable bonds is 1. The van der Waals surface area contributed by atoms with Gasteiger partial charge in [-0.05, 0) is 6.92 Å². The average molecular weight is 225 g/mol. The molecule has 0 atom stereocenters. The van der Waals surface area contributed by atoms with Gasteiger partial charge in [0.15, 0.2) is 5.82 Å². The van der Waals surface area contributed by atoms with Crippen LogP contribution >= 0.6 is 0 Å². The van der Waals surface area contributed by atoms with E-state index in [1.807, 2.05) is 18.2 Å². The van der Waals surface area contributed by atoms with E-state index in [0.717, 1.165) is 36.6 Å². The van der Waals surface area contributed by atoms with Gasteiger partial charge in [0.1, 0.15) is 0 Å². The molecule has 3 heteroatoms. The molecule has 2 heterocycles. The largest absolute Gasteiger partial charge is 0.312 e. The molecule has 0 fully saturated rings. The molecule has 0 aliphatic carbocycles. The molecule has 0 saturated heterocycles. The Morgan fingerprint density at radius 2 is 1.94 bits per heavy atom. The maximum absolute atomic E-state index is 4.69. The van der Waals surface area contributed by atoms with Gasteiger partial charge in [-0.2, -0.15) is 0 Å². The lowest BCUT2D eigenvalue weighted by atomic mass is 10.1. The van der Waals surface area contributed by atoms with Crippen molar-refractivity contribution in [2.45, 2.75) is 19.9 Å². The number of hydrogen-bond donors (Lipinski definition) is 1. The zero-order valence-electron chi connectivity index (χ0n) is 9.90. The highest BCUT2D eigenvalue weighted by Crippen LogP contribution is 2.20. The molecule has 0 radical (unpaired) electrons. The SMILES string of the molecule is Cc1nc(-c2ccccc2)nc2c1CNCC2. The van der Waals surface area contributed by atoms with Crippen LogP contribution in [0.1, 0.15) is 17.0 Å². The van der Waals surface area contributed by atoms with Crippen molar-refractivity contribution in [3.05, 3.63) is 47.3 Å². The van der Waals surface area contributed by atoms with E-state index in [4.69, 9.17) is 4.98 Å². The van der Waals surface area contributed by atoms with Crippen LogP contribution in [-0.2, 0) is 13.0 Å². The van der Waals surface area contributed by atoms with Crippen LogP contribution in [-0.4, -0.2) is 16.5 Å². The van der Waals surface area contributed by atoms with Crippen molar-refractivity contribution in [3.8, 4) is 11.4 Å². The van der Waals surface area contributed by atoms with Crippen molar-refractivity contribution in [1.29, 1.82) is 0 Å². The molecular weight excluding hydrogens is 210 g/mol. The van der Waals surface area contributed by atoms with Crippen LogP contribution in [0.3, 0.4) is 0 Å². The number of nitrogens with zero attached hydrogens (tertiary/aromatic N) is 2. The Hall–Kier alpha value is -1.74. The quantitative estimate of drug-likeness (QED) is 0.807. The summed E-state index contributed by atoms with van der Waals surface area (Å²) in [5, 5.41) is 3.36. The summed E-state index contributed by atoms with van der Waals surface area (Å²) in [6, 6.07) is 10.2. The van der Waals surface area contributed by atoms with E-state index in [1.165, 1.54) is 11.3 Å². The molecular formula is C14H15N3. The monoisotopic (exact) mass is 225 g/mol. The van der Waals surface area contributed by atoms with Crippen molar-refractivity contribution in [3.63, 3.8) is 0 Å². The van der Waals surface area contributed by atoms with Crippen LogP contribution in [0.5, 0.6) is 0 Å². The molecule has 3 rings (SSSR count). The van der Waals surface area contributed by atoms with Crippen LogP contribution in [0.2, 0.25) is 0 Å². The smallest absolute Gasteiger partial charge is 0.159 e. The van der Waals surface area contributed by atoms with Crippen LogP contribution in [0, 0.1) is 6.92 Å². The van der Waals surface area contributed by atoms with Crippen LogP contribution in [0.25, 0.3) is 11.4 Å². The summed E-state index contributed by atoms with van der Waals surface area (Å²) >= 11 is 0. The molecule has 86 valence electrons. The second-order valence-corrected chi connectivity index (χ2v) is 4.35. The number of benzene rings is 1. The van der Waals surface area contributed by atoms with Gasteiger partial charge in [0, 0.05) is 36.3 Å². The Bertz CT molecular complexity index is 535. The highest BCUT2D eigenvalue weighted by atomic mass is 14.9. The van der Waals surface area contributed by atoms with Crippen molar-refractivity contribution < 1.29 is 0 Å². The highest BCUT2D eigenvalue weighted by molar-refractivity contribution is 5.55. The zero-order valence-corrected chi connectivity index (χ0v) is 9.90. The maximum Gasteiger partial charge on any atom is 0.159 e. The van der Waals surface area contributed by atoms with Crippen molar-refractivity contribution in [2.75, 3.05) is 6.54 Å². The molecule has 1 aliphatic heterocycles. The first kappa shape index (κ1) is 10.4. The maximum atomic E-state index is 4.69. The molecule has 17 heavy (non-hydrogen) atoms. The van der Waals surface area contributed by atoms with E-state index in [1.54, 1.807) is 0 Å². The second kappa shape index (κ2) is 4.26. The Morgan fingerprint density at radius 1 is 1.12 bits per heavy atom. The van der Waals surface area contributed by atoms with Gasteiger partial charge in [-0.3, -0.25) is 0 Å². The average Bonchev–Trinajstić information content (AvgIpc) is 2.40. The van der Waals surface area contributed by atoms with Crippen molar-refractivity contribution >= 4 is 0 Å². The summed E-state index contributed by atoms with van der Waals surface area (Å²) in [7, 11) is 0. The standard InChI is InChI=1S/C14H15N3/c1-10-12-9-15-8-7-13(12)17-14(16-10)11-5-3-2-4-6-11/h2-6,15H,7-9H2,1H3. The Morgan fingerprint density at radius 3 is 2.76 bits per heavy atom. The van der Waals surface area contributed by atoms with Gasteiger partial charge in [0.05, 0.1) is 5.69 Å². The number of hydrogen-bond acceptors (Lipinski definition) is 3. The molecule has 3 nitrogen and oxygen atoms in total. The molecule has 0 amide bonds. The predicted molar refractivity (Wildman–Crippen MR) is 67.6 cm³/mol. The third-order valence-electron chi connectivity index (χ3n) is 3.17. The molecule has 1 aromatic carbocycles. The normalized spacial score (nSPS) is 14.4. The third-order valence-corrected chi connectivity index (χ3v) is 3.17. The minimum Gasteiger partial charge on any atom is -0.312 e. The van der Waals surface area contributed by atoms with Gasteiger partial charge >= 0.3 is 0 Å². The minimum absolute atomic E-state index is 0.851. The topological polar surface area (TPSA) is 37.8 Å². The lowest BCUT2D eigenvalue weighted by molar-refractivity contribution is 0.622. The van der Waals surface area contributed by atoms with E-state index in [0.29, 0.717) is 0 Å². The molecule has 1 aliphatic rings. The summed E-state index contributed by atoms with van der Waals surface area (Å²) in [5.41, 5.74) is 4.67. The lowest BCUT2D eigenvalue weighted by Crippen LogP contribution is -2.26. The molecule has 0 saturated carbocycles. The van der Waals surface area contributed by atoms with E-state index in [2.05, 4.69) is 29.4 Å². The van der Waals surface area contributed by atoms with E-state index < -0.39 is 0 Å². The summed E-state index contributed by atoms with van der Waals surface area (Å²) in [6.07, 6.45) is 0.999. The van der Waals surface area contributed by atoms with Crippen LogP contribution in [0.15, 0.2) is 30.3 Å². The fourth-order valence-corrected chi connectivity index (χ4v) is 2.23. The Labute approximate surface area is 101 Å². The Balaban J connectivity index is 2.11. The molecule has 2 aromatic rings. The first-order valence-electron chi connectivity index (χ1n) is 5.97. The van der Waals surface area contributed by atoms with E-state index >= 15 is 0 Å². The number of aromatic nitrogens is 2. The Kier molecular flexibility index (Phi) is 2.61. The van der Waals surface area contributed by atoms with E-state index in [-0.39, 0.29) is 0 Å². The van der Waals surface area contributed by atoms with Crippen LogP contribution in [0.4, 0.5) is 0 Å². The number of aryl methyl sites for hydroxylation is 1. The fourth-order valence-electron chi connectivity index (χ4n) is 2.23. The summed E-state index contributed by atoms with van der Waals surface area (Å²) in [4.78, 5) is 9.30. The molecule has 1 aromatic heterocycles. The number of nitrogens with one attached hydrogen (secondary N) is 1. The van der Waals surface area contributed by atoms with E-state index in [9.17, 15) is 0 Å². The molecule has 0 bridgehead atoms. The lowest BCUT2D eigenvalue weighted by Gasteiger charge is -2.18. The first-order valence-corrected chi connectivity index (χ1v) is 5.97. The molecule has 0 unspecified atom stereocenters. The van der Waals surface area contributed by atoms with Crippen LogP contribution < -0.4 is 5.32 Å². The molecule has 0 spiro atoms. The second-order valence-electron chi connectivity index (χ2n) is 4.35. The van der Waals surface area contributed by atoms with Gasteiger partial charge in [-0.15, -0.1) is 0 Å². The predicted octanol–water partition coefficient (Wildman–Crippen LogP) is 2.10. The minimum atomic E-state index is 0.851. The zero-order chi connectivity index (χ0) is 11.7. The van der Waals surface area contributed by atoms with Gasteiger partial charge in [0.2, 0.25) is 0 Å². The highest BCUT2D eigenvalue weighted by Gasteiger charge is 2.15. The van der Waals surface area contributed by atoms with Crippen molar-refractivity contribution in [1.82, 2.24) is 15.3 Å². The summed E-state index contributed by atoms with van der Waals surface area (Å²) < 4.78 is 0. The summed E-state index contributed by atoms with van der Waals surface area (Å²) in [6.45, 7) is 3.98. The van der Waals surface area contributed by atoms with Gasteiger partial charge in [0.25, 0.3) is 0 Å². The van der Waals surface area contributed by atoms with Gasteiger partial charge in [-0.1, -0.05) is 30.3 Å². The first-order chi connectivity index (χ1) is 8.34. The molecule has 1 N–H and O–H groups in total. The fraction of sp³-hybridized carbons (Fsp3) is 0.286.